The summed E-state index contributed by atoms with van der Waals surface area (Å²) in [7, 11) is 1.74. The molecule has 0 fully saturated rings. The van der Waals surface area contributed by atoms with Crippen LogP contribution in [0.2, 0.25) is 0 Å². The van der Waals surface area contributed by atoms with Crippen molar-refractivity contribution in [2.45, 2.75) is 25.7 Å². The minimum atomic E-state index is 0.0807. The maximum atomic E-state index is 11.9. The molecule has 1 heterocycles. The summed E-state index contributed by atoms with van der Waals surface area (Å²) < 4.78 is 1.53. The van der Waals surface area contributed by atoms with Crippen molar-refractivity contribution in [1.29, 1.82) is 0 Å². The zero-order chi connectivity index (χ0) is 9.97. The maximum absolute atomic E-state index is 11.9. The van der Waals surface area contributed by atoms with Crippen LogP contribution in [0.4, 0.5) is 0 Å². The number of ketones is 1. The van der Waals surface area contributed by atoms with Crippen molar-refractivity contribution < 1.29 is 4.79 Å². The molecule has 1 aromatic heterocycles. The first-order valence-electron chi connectivity index (χ1n) is 4.87. The normalized spacial score (nSPS) is 16.5. The molecular formula is C10H13N3O. The fraction of sp³-hybridized carbons (Fsp3) is 0.500. The fourth-order valence-electron chi connectivity index (χ4n) is 1.70. The van der Waals surface area contributed by atoms with Crippen LogP contribution in [0, 0.1) is 0 Å². The molecular weight excluding hydrogens is 178 g/mol. The summed E-state index contributed by atoms with van der Waals surface area (Å²) in [5.41, 5.74) is 1.50. The topological polar surface area (TPSA) is 47.8 Å². The van der Waals surface area contributed by atoms with E-state index < -0.39 is 0 Å². The molecule has 1 aromatic rings. The quantitative estimate of drug-likeness (QED) is 0.665. The van der Waals surface area contributed by atoms with Gasteiger partial charge >= 0.3 is 0 Å². The monoisotopic (exact) mass is 191 g/mol. The molecule has 0 amide bonds. The van der Waals surface area contributed by atoms with Crippen molar-refractivity contribution in [3.63, 3.8) is 0 Å². The zero-order valence-electron chi connectivity index (χ0n) is 8.23. The largest absolute Gasteiger partial charge is 0.287 e. The van der Waals surface area contributed by atoms with E-state index in [-0.39, 0.29) is 5.78 Å². The summed E-state index contributed by atoms with van der Waals surface area (Å²) in [6.07, 6.45) is 7.79. The van der Waals surface area contributed by atoms with Crippen molar-refractivity contribution >= 4 is 5.78 Å². The molecule has 74 valence electrons. The number of rotatable bonds is 2. The van der Waals surface area contributed by atoms with Gasteiger partial charge < -0.3 is 0 Å². The summed E-state index contributed by atoms with van der Waals surface area (Å²) in [4.78, 5) is 11.9. The summed E-state index contributed by atoms with van der Waals surface area (Å²) in [5, 5.41) is 7.45. The molecule has 4 nitrogen and oxygen atoms in total. The Labute approximate surface area is 82.6 Å². The second-order valence-corrected chi connectivity index (χ2v) is 3.55. The molecule has 0 spiro atoms. The number of carbonyl (C=O) groups excluding carboxylic acids is 1. The molecule has 0 aromatic carbocycles. The van der Waals surface area contributed by atoms with Gasteiger partial charge in [0.25, 0.3) is 0 Å². The highest BCUT2D eigenvalue weighted by molar-refractivity contribution is 6.07. The Morgan fingerprint density at radius 1 is 1.50 bits per heavy atom. The molecule has 0 unspecified atom stereocenters. The molecule has 0 N–H and O–H groups in total. The van der Waals surface area contributed by atoms with E-state index in [4.69, 9.17) is 0 Å². The molecule has 0 saturated heterocycles. The molecule has 1 aliphatic rings. The SMILES string of the molecule is Cn1nncc1C(=O)C1=CCCCC1. The smallest absolute Gasteiger partial charge is 0.208 e. The van der Waals surface area contributed by atoms with Gasteiger partial charge in [0.15, 0.2) is 0 Å². The van der Waals surface area contributed by atoms with Crippen LogP contribution >= 0.6 is 0 Å². The lowest BCUT2D eigenvalue weighted by Crippen LogP contribution is -2.11. The predicted octanol–water partition coefficient (Wildman–Crippen LogP) is 1.50. The Kier molecular flexibility index (Phi) is 2.43. The molecule has 0 atom stereocenters. The number of nitrogens with zero attached hydrogens (tertiary/aromatic N) is 3. The Morgan fingerprint density at radius 2 is 2.36 bits per heavy atom. The number of carbonyl (C=O) groups is 1. The van der Waals surface area contributed by atoms with Crippen LogP contribution in [-0.2, 0) is 7.05 Å². The van der Waals surface area contributed by atoms with Crippen LogP contribution in [-0.4, -0.2) is 20.8 Å². The van der Waals surface area contributed by atoms with E-state index in [0.717, 1.165) is 24.8 Å². The second kappa shape index (κ2) is 3.74. The Bertz CT molecular complexity index is 378. The summed E-state index contributed by atoms with van der Waals surface area (Å²) in [6, 6.07) is 0. The number of aryl methyl sites for hydroxylation is 1. The first kappa shape index (κ1) is 9.12. The number of aromatic nitrogens is 3. The van der Waals surface area contributed by atoms with E-state index in [2.05, 4.69) is 10.3 Å². The van der Waals surface area contributed by atoms with Gasteiger partial charge in [-0.2, -0.15) is 0 Å². The number of hydrogen-bond donors (Lipinski definition) is 0. The third-order valence-electron chi connectivity index (χ3n) is 2.53. The molecule has 2 rings (SSSR count). The van der Waals surface area contributed by atoms with Crippen molar-refractivity contribution in [3.8, 4) is 0 Å². The molecule has 1 aliphatic carbocycles. The van der Waals surface area contributed by atoms with Gasteiger partial charge in [0.1, 0.15) is 5.69 Å². The minimum Gasteiger partial charge on any atom is -0.287 e. The van der Waals surface area contributed by atoms with Gasteiger partial charge in [0.05, 0.1) is 6.20 Å². The standard InChI is InChI=1S/C10H13N3O/c1-13-9(7-11-12-13)10(14)8-5-3-2-4-6-8/h5,7H,2-4,6H2,1H3. The summed E-state index contributed by atoms with van der Waals surface area (Å²) in [5.74, 6) is 0.0807. The van der Waals surface area contributed by atoms with Crippen LogP contribution in [0.1, 0.15) is 36.2 Å². The van der Waals surface area contributed by atoms with Gasteiger partial charge in [-0.1, -0.05) is 11.3 Å². The number of Topliss-reactive ketones (excluding diaryl/α,β-unsaturated/α-hetero) is 1. The molecule has 4 heteroatoms. The van der Waals surface area contributed by atoms with E-state index in [1.54, 1.807) is 7.05 Å². The average Bonchev–Trinajstić information content (AvgIpc) is 2.65. The van der Waals surface area contributed by atoms with Crippen molar-refractivity contribution in [3.05, 3.63) is 23.5 Å². The molecule has 0 radical (unpaired) electrons. The Morgan fingerprint density at radius 3 is 2.93 bits per heavy atom. The highest BCUT2D eigenvalue weighted by Crippen LogP contribution is 2.20. The van der Waals surface area contributed by atoms with Crippen LogP contribution in [0.15, 0.2) is 17.8 Å². The average molecular weight is 191 g/mol. The molecule has 0 aliphatic heterocycles. The van der Waals surface area contributed by atoms with Crippen molar-refractivity contribution in [1.82, 2.24) is 15.0 Å². The lowest BCUT2D eigenvalue weighted by molar-refractivity contribution is 0.102. The van der Waals surface area contributed by atoms with Crippen LogP contribution in [0.25, 0.3) is 0 Å². The van der Waals surface area contributed by atoms with Crippen LogP contribution in [0.5, 0.6) is 0 Å². The Balaban J connectivity index is 2.23. The third kappa shape index (κ3) is 1.60. The molecule has 14 heavy (non-hydrogen) atoms. The first-order chi connectivity index (χ1) is 6.79. The van der Waals surface area contributed by atoms with E-state index in [0.29, 0.717) is 5.69 Å². The minimum absolute atomic E-state index is 0.0807. The van der Waals surface area contributed by atoms with Crippen molar-refractivity contribution in [2.24, 2.45) is 7.05 Å². The highest BCUT2D eigenvalue weighted by Gasteiger charge is 2.17. The zero-order valence-corrected chi connectivity index (χ0v) is 8.23. The lowest BCUT2D eigenvalue weighted by Gasteiger charge is -2.10. The number of hydrogen-bond acceptors (Lipinski definition) is 3. The van der Waals surface area contributed by atoms with Gasteiger partial charge in [0.2, 0.25) is 5.78 Å². The predicted molar refractivity (Wildman–Crippen MR) is 51.9 cm³/mol. The van der Waals surface area contributed by atoms with E-state index in [9.17, 15) is 4.79 Å². The van der Waals surface area contributed by atoms with Gasteiger partial charge in [-0.15, -0.1) is 5.10 Å². The van der Waals surface area contributed by atoms with E-state index in [1.165, 1.54) is 17.3 Å². The van der Waals surface area contributed by atoms with Crippen molar-refractivity contribution in [2.75, 3.05) is 0 Å². The second-order valence-electron chi connectivity index (χ2n) is 3.55. The van der Waals surface area contributed by atoms with Crippen LogP contribution < -0.4 is 0 Å². The van der Waals surface area contributed by atoms with E-state index in [1.807, 2.05) is 6.08 Å². The maximum Gasteiger partial charge on any atom is 0.208 e. The fourth-order valence-corrected chi connectivity index (χ4v) is 1.70. The van der Waals surface area contributed by atoms with E-state index >= 15 is 0 Å². The third-order valence-corrected chi connectivity index (χ3v) is 2.53. The van der Waals surface area contributed by atoms with Crippen LogP contribution in [0.3, 0.4) is 0 Å². The summed E-state index contributed by atoms with van der Waals surface area (Å²) >= 11 is 0. The van der Waals surface area contributed by atoms with Gasteiger partial charge in [-0.3, -0.25) is 4.79 Å². The molecule has 0 bridgehead atoms. The Hall–Kier alpha value is -1.45. The lowest BCUT2D eigenvalue weighted by atomic mass is 9.95. The summed E-state index contributed by atoms with van der Waals surface area (Å²) in [6.45, 7) is 0. The van der Waals surface area contributed by atoms with Gasteiger partial charge in [0, 0.05) is 7.05 Å². The van der Waals surface area contributed by atoms with Gasteiger partial charge in [-0.05, 0) is 31.3 Å². The van der Waals surface area contributed by atoms with Gasteiger partial charge in [-0.25, -0.2) is 4.68 Å². The number of allylic oxidation sites excluding steroid dienone is 2. The first-order valence-corrected chi connectivity index (χ1v) is 4.87. The molecule has 0 saturated carbocycles. The highest BCUT2D eigenvalue weighted by atomic mass is 16.1.